The van der Waals surface area contributed by atoms with Crippen LogP contribution in [-0.4, -0.2) is 15.0 Å². The van der Waals surface area contributed by atoms with Gasteiger partial charge in [-0.15, -0.1) is 5.10 Å². The Morgan fingerprint density at radius 1 is 1.39 bits per heavy atom. The van der Waals surface area contributed by atoms with Crippen LogP contribution in [0.2, 0.25) is 0 Å². The Morgan fingerprint density at radius 3 is 2.89 bits per heavy atom. The molecule has 2 rings (SSSR count). The number of halogens is 1. The Morgan fingerprint density at radius 2 is 2.17 bits per heavy atom. The number of rotatable bonds is 4. The van der Waals surface area contributed by atoms with Crippen molar-refractivity contribution >= 4 is 5.82 Å². The third-order valence-corrected chi connectivity index (χ3v) is 2.99. The number of nitrogen functional groups attached to an aromatic ring is 1. The van der Waals surface area contributed by atoms with Crippen molar-refractivity contribution in [2.75, 3.05) is 5.73 Å². The fourth-order valence-corrected chi connectivity index (χ4v) is 1.94. The maximum atomic E-state index is 13.2. The molecular weight excluding hydrogens is 231 g/mol. The van der Waals surface area contributed by atoms with Crippen molar-refractivity contribution in [3.05, 3.63) is 40.8 Å². The molecule has 1 aromatic carbocycles. The molecule has 96 valence electrons. The average molecular weight is 248 g/mol. The van der Waals surface area contributed by atoms with E-state index in [0.717, 1.165) is 29.7 Å². The van der Waals surface area contributed by atoms with Gasteiger partial charge in [-0.3, -0.25) is 0 Å². The van der Waals surface area contributed by atoms with Crippen LogP contribution in [0.3, 0.4) is 0 Å². The number of aromatic nitrogens is 3. The summed E-state index contributed by atoms with van der Waals surface area (Å²) in [6.07, 6.45) is 1.80. The molecule has 18 heavy (non-hydrogen) atoms. The van der Waals surface area contributed by atoms with E-state index in [1.54, 1.807) is 10.7 Å². The molecule has 2 N–H and O–H groups in total. The molecule has 1 heterocycles. The Hall–Kier alpha value is -1.91. The van der Waals surface area contributed by atoms with Crippen LogP contribution >= 0.6 is 0 Å². The van der Waals surface area contributed by atoms with Crippen molar-refractivity contribution < 1.29 is 4.39 Å². The molecule has 2 aromatic rings. The molecule has 0 bridgehead atoms. The van der Waals surface area contributed by atoms with Gasteiger partial charge < -0.3 is 5.73 Å². The van der Waals surface area contributed by atoms with Gasteiger partial charge in [-0.1, -0.05) is 24.6 Å². The number of aryl methyl sites for hydroxylation is 1. The monoisotopic (exact) mass is 248 g/mol. The first kappa shape index (κ1) is 12.5. The lowest BCUT2D eigenvalue weighted by molar-refractivity contribution is 0.597. The zero-order valence-electron chi connectivity index (χ0n) is 10.7. The van der Waals surface area contributed by atoms with Gasteiger partial charge in [-0.05, 0) is 36.6 Å². The number of nitrogens with two attached hydrogens (primary N) is 1. The lowest BCUT2D eigenvalue weighted by Crippen LogP contribution is -2.08. The van der Waals surface area contributed by atoms with Crippen molar-refractivity contribution in [1.82, 2.24) is 15.0 Å². The zero-order valence-corrected chi connectivity index (χ0v) is 10.7. The minimum Gasteiger partial charge on any atom is -0.381 e. The molecule has 0 saturated heterocycles. The van der Waals surface area contributed by atoms with Crippen LogP contribution in [0.25, 0.3) is 0 Å². The molecule has 1 aromatic heterocycles. The van der Waals surface area contributed by atoms with E-state index in [2.05, 4.69) is 17.2 Å². The van der Waals surface area contributed by atoms with E-state index in [-0.39, 0.29) is 5.82 Å². The second kappa shape index (κ2) is 5.16. The van der Waals surface area contributed by atoms with Gasteiger partial charge >= 0.3 is 0 Å². The molecule has 0 fully saturated rings. The second-order valence-corrected chi connectivity index (χ2v) is 4.40. The van der Waals surface area contributed by atoms with E-state index in [9.17, 15) is 4.39 Å². The van der Waals surface area contributed by atoms with Gasteiger partial charge in [0, 0.05) is 0 Å². The summed E-state index contributed by atoms with van der Waals surface area (Å²) >= 11 is 0. The number of nitrogens with zero attached hydrogens (tertiary/aromatic N) is 3. The highest BCUT2D eigenvalue weighted by Gasteiger charge is 2.10. The van der Waals surface area contributed by atoms with E-state index in [1.165, 1.54) is 12.1 Å². The minimum atomic E-state index is -0.235. The first-order chi connectivity index (χ1) is 8.61. The summed E-state index contributed by atoms with van der Waals surface area (Å²) in [5, 5.41) is 7.90. The predicted molar refractivity (Wildman–Crippen MR) is 68.7 cm³/mol. The van der Waals surface area contributed by atoms with Gasteiger partial charge in [0.2, 0.25) is 0 Å². The Balaban J connectivity index is 2.31. The van der Waals surface area contributed by atoms with Crippen molar-refractivity contribution in [2.45, 2.75) is 33.2 Å². The highest BCUT2D eigenvalue weighted by Crippen LogP contribution is 2.15. The van der Waals surface area contributed by atoms with E-state index in [4.69, 9.17) is 5.73 Å². The van der Waals surface area contributed by atoms with Crippen molar-refractivity contribution in [2.24, 2.45) is 0 Å². The molecule has 0 aliphatic rings. The highest BCUT2D eigenvalue weighted by atomic mass is 19.1. The molecule has 0 unspecified atom stereocenters. The smallest absolute Gasteiger partial charge is 0.169 e. The largest absolute Gasteiger partial charge is 0.381 e. The summed E-state index contributed by atoms with van der Waals surface area (Å²) in [7, 11) is 0. The second-order valence-electron chi connectivity index (χ2n) is 4.40. The molecule has 0 spiro atoms. The third-order valence-electron chi connectivity index (χ3n) is 2.99. The van der Waals surface area contributed by atoms with Crippen LogP contribution in [0, 0.1) is 12.7 Å². The van der Waals surface area contributed by atoms with Crippen LogP contribution in [0.5, 0.6) is 0 Å². The summed E-state index contributed by atoms with van der Waals surface area (Å²) in [4.78, 5) is 0. The van der Waals surface area contributed by atoms with Gasteiger partial charge in [0.25, 0.3) is 0 Å². The first-order valence-corrected chi connectivity index (χ1v) is 6.04. The van der Waals surface area contributed by atoms with Crippen molar-refractivity contribution in [1.29, 1.82) is 0 Å². The lowest BCUT2D eigenvalue weighted by Gasteiger charge is -2.08. The van der Waals surface area contributed by atoms with E-state index < -0.39 is 0 Å². The topological polar surface area (TPSA) is 56.7 Å². The summed E-state index contributed by atoms with van der Waals surface area (Å²) in [5.41, 5.74) is 8.63. The molecule has 4 nitrogen and oxygen atoms in total. The molecule has 0 aliphatic heterocycles. The zero-order chi connectivity index (χ0) is 13.1. The normalized spacial score (nSPS) is 10.8. The third kappa shape index (κ3) is 2.50. The van der Waals surface area contributed by atoms with Gasteiger partial charge in [0.15, 0.2) is 5.82 Å². The SMILES string of the molecule is CCCc1c(N)nnn1Cc1cc(F)ccc1C. The van der Waals surface area contributed by atoms with Crippen LogP contribution < -0.4 is 5.73 Å². The van der Waals surface area contributed by atoms with Gasteiger partial charge in [0.1, 0.15) is 5.82 Å². The van der Waals surface area contributed by atoms with Crippen LogP contribution in [0.15, 0.2) is 18.2 Å². The molecule has 5 heteroatoms. The molecule has 0 amide bonds. The van der Waals surface area contributed by atoms with Crippen LogP contribution in [-0.2, 0) is 13.0 Å². The quantitative estimate of drug-likeness (QED) is 0.903. The van der Waals surface area contributed by atoms with Gasteiger partial charge in [0.05, 0.1) is 12.2 Å². The molecule has 0 saturated carbocycles. The van der Waals surface area contributed by atoms with Crippen LogP contribution in [0.1, 0.15) is 30.2 Å². The lowest BCUT2D eigenvalue weighted by atomic mass is 10.1. The molecular formula is C13H17FN4. The maximum absolute atomic E-state index is 13.2. The fourth-order valence-electron chi connectivity index (χ4n) is 1.94. The standard InChI is InChI=1S/C13H17FN4/c1-3-4-12-13(15)16-17-18(12)8-10-7-11(14)6-5-9(10)2/h5-7H,3-4,8,15H2,1-2H3. The first-order valence-electron chi connectivity index (χ1n) is 6.04. The Bertz CT molecular complexity index is 548. The average Bonchev–Trinajstić information content (AvgIpc) is 2.67. The number of hydrogen-bond acceptors (Lipinski definition) is 3. The Kier molecular flexibility index (Phi) is 3.60. The summed E-state index contributed by atoms with van der Waals surface area (Å²) in [6.45, 7) is 4.53. The van der Waals surface area contributed by atoms with Crippen molar-refractivity contribution in [3.8, 4) is 0 Å². The van der Waals surface area contributed by atoms with Gasteiger partial charge in [-0.25, -0.2) is 9.07 Å². The molecule has 0 aliphatic carbocycles. The summed E-state index contributed by atoms with van der Waals surface area (Å²) < 4.78 is 15.0. The van der Waals surface area contributed by atoms with Gasteiger partial charge in [-0.2, -0.15) is 0 Å². The summed E-state index contributed by atoms with van der Waals surface area (Å²) in [5.74, 6) is 0.228. The predicted octanol–water partition coefficient (Wildman–Crippen LogP) is 2.31. The minimum absolute atomic E-state index is 0.235. The van der Waals surface area contributed by atoms with E-state index >= 15 is 0 Å². The van der Waals surface area contributed by atoms with Crippen molar-refractivity contribution in [3.63, 3.8) is 0 Å². The number of hydrogen-bond donors (Lipinski definition) is 1. The molecule has 0 radical (unpaired) electrons. The maximum Gasteiger partial charge on any atom is 0.169 e. The number of anilines is 1. The van der Waals surface area contributed by atoms with E-state index in [0.29, 0.717) is 12.4 Å². The van der Waals surface area contributed by atoms with E-state index in [1.807, 2.05) is 6.92 Å². The molecule has 0 atom stereocenters. The Labute approximate surface area is 106 Å². The highest BCUT2D eigenvalue weighted by molar-refractivity contribution is 5.34. The number of benzene rings is 1. The van der Waals surface area contributed by atoms with Crippen LogP contribution in [0.4, 0.5) is 10.2 Å². The summed E-state index contributed by atoms with van der Waals surface area (Å²) in [6, 6.07) is 4.76. The fraction of sp³-hybridized carbons (Fsp3) is 0.385.